The monoisotopic (exact) mass is 201 g/mol. The van der Waals surface area contributed by atoms with Crippen molar-refractivity contribution in [2.45, 2.75) is 24.3 Å². The van der Waals surface area contributed by atoms with E-state index < -0.39 is 0 Å². The highest BCUT2D eigenvalue weighted by Crippen LogP contribution is 2.31. The first kappa shape index (κ1) is 9.49. The van der Waals surface area contributed by atoms with Gasteiger partial charge in [-0.25, -0.2) is 0 Å². The smallest absolute Gasteiger partial charge is 0.147 e. The first-order valence-corrected chi connectivity index (χ1v) is 5.66. The summed E-state index contributed by atoms with van der Waals surface area (Å²) in [6, 6.07) is 0.556. The van der Waals surface area contributed by atoms with Crippen LogP contribution in [0.1, 0.15) is 6.92 Å². The summed E-state index contributed by atoms with van der Waals surface area (Å²) in [6.07, 6.45) is 0. The third-order valence-electron chi connectivity index (χ3n) is 2.95. The van der Waals surface area contributed by atoms with Crippen molar-refractivity contribution >= 4 is 17.5 Å². The van der Waals surface area contributed by atoms with Gasteiger partial charge in [-0.3, -0.25) is 9.69 Å². The topological polar surface area (TPSA) is 29.5 Å². The second-order valence-corrected chi connectivity index (χ2v) is 5.04. The van der Waals surface area contributed by atoms with Crippen molar-refractivity contribution < 1.29 is 9.53 Å². The number of rotatable bonds is 1. The summed E-state index contributed by atoms with van der Waals surface area (Å²) >= 11 is 1.89. The maximum Gasteiger partial charge on any atom is 0.147 e. The summed E-state index contributed by atoms with van der Waals surface area (Å²) in [7, 11) is 2.04. The molecule has 3 atom stereocenters. The quantitative estimate of drug-likeness (QED) is 0.614. The second kappa shape index (κ2) is 3.59. The van der Waals surface area contributed by atoms with E-state index in [2.05, 4.69) is 4.90 Å². The highest BCUT2D eigenvalue weighted by Gasteiger charge is 2.40. The average molecular weight is 201 g/mol. The van der Waals surface area contributed by atoms with E-state index in [1.807, 2.05) is 18.8 Å². The van der Waals surface area contributed by atoms with Gasteiger partial charge in [0.25, 0.3) is 0 Å². The fourth-order valence-electron chi connectivity index (χ4n) is 2.03. The molecule has 0 N–H and O–H groups in total. The first-order chi connectivity index (χ1) is 6.20. The van der Waals surface area contributed by atoms with Gasteiger partial charge in [-0.1, -0.05) is 0 Å². The molecule has 0 aromatic heterocycles. The molecule has 2 fully saturated rings. The van der Waals surface area contributed by atoms with Crippen LogP contribution in [0, 0.1) is 0 Å². The molecule has 13 heavy (non-hydrogen) atoms. The molecule has 0 bridgehead atoms. The Morgan fingerprint density at radius 2 is 2.31 bits per heavy atom. The lowest BCUT2D eigenvalue weighted by Crippen LogP contribution is -2.53. The lowest BCUT2D eigenvalue weighted by molar-refractivity contribution is -0.121. The van der Waals surface area contributed by atoms with Crippen LogP contribution in [0.3, 0.4) is 0 Å². The lowest BCUT2D eigenvalue weighted by Gasteiger charge is -2.38. The van der Waals surface area contributed by atoms with Crippen molar-refractivity contribution in [1.29, 1.82) is 0 Å². The minimum atomic E-state index is 0.105. The van der Waals surface area contributed by atoms with E-state index in [0.717, 1.165) is 19.0 Å². The van der Waals surface area contributed by atoms with Crippen LogP contribution in [0.25, 0.3) is 0 Å². The Morgan fingerprint density at radius 1 is 1.54 bits per heavy atom. The summed E-state index contributed by atoms with van der Waals surface area (Å²) in [4.78, 5) is 13.5. The van der Waals surface area contributed by atoms with Crippen LogP contribution in [0.4, 0.5) is 0 Å². The molecular weight excluding hydrogens is 186 g/mol. The Morgan fingerprint density at radius 3 is 3.00 bits per heavy atom. The molecule has 0 aromatic rings. The third-order valence-corrected chi connectivity index (χ3v) is 4.34. The number of thioether (sulfide) groups is 1. The molecule has 2 aliphatic heterocycles. The van der Waals surface area contributed by atoms with Crippen LogP contribution in [0.15, 0.2) is 0 Å². The van der Waals surface area contributed by atoms with E-state index >= 15 is 0 Å². The maximum absolute atomic E-state index is 11.3. The largest absolute Gasteiger partial charge is 0.379 e. The van der Waals surface area contributed by atoms with Gasteiger partial charge in [0.05, 0.1) is 19.3 Å². The summed E-state index contributed by atoms with van der Waals surface area (Å²) in [5, 5.41) is 0.584. The van der Waals surface area contributed by atoms with Gasteiger partial charge in [0.15, 0.2) is 0 Å². The van der Waals surface area contributed by atoms with Crippen molar-refractivity contribution in [3.8, 4) is 0 Å². The average Bonchev–Trinajstić information content (AvgIpc) is 2.52. The van der Waals surface area contributed by atoms with Gasteiger partial charge in [-0.15, -0.1) is 0 Å². The Hall–Kier alpha value is -0.0600. The molecule has 0 amide bonds. The van der Waals surface area contributed by atoms with E-state index in [1.54, 1.807) is 6.92 Å². The van der Waals surface area contributed by atoms with Crippen LogP contribution in [0.5, 0.6) is 0 Å². The molecule has 2 saturated heterocycles. The fourth-order valence-corrected chi connectivity index (χ4v) is 3.61. The van der Waals surface area contributed by atoms with Gasteiger partial charge in [-0.2, -0.15) is 11.8 Å². The number of carbonyl (C=O) groups is 1. The third kappa shape index (κ3) is 1.63. The minimum absolute atomic E-state index is 0.105. The number of carbonyl (C=O) groups excluding carboxylic acids is 1. The molecule has 3 nitrogen and oxygen atoms in total. The Balaban J connectivity index is 2.08. The Labute approximate surface area is 82.8 Å². The van der Waals surface area contributed by atoms with E-state index in [9.17, 15) is 4.79 Å². The zero-order chi connectivity index (χ0) is 9.42. The minimum Gasteiger partial charge on any atom is -0.379 e. The van der Waals surface area contributed by atoms with Crippen LogP contribution in [-0.2, 0) is 9.53 Å². The predicted molar refractivity (Wildman–Crippen MR) is 53.1 cm³/mol. The number of fused-ring (bicyclic) bond motifs is 1. The summed E-state index contributed by atoms with van der Waals surface area (Å²) in [5.41, 5.74) is 0. The number of ether oxygens (including phenoxy) is 1. The van der Waals surface area contributed by atoms with Gasteiger partial charge in [0.2, 0.25) is 0 Å². The first-order valence-electron chi connectivity index (χ1n) is 4.62. The SMILES string of the molecule is CC(=O)C1CSC2COCC2N1C. The number of likely N-dealkylation sites (N-methyl/N-ethyl adjacent to an activating group) is 1. The lowest BCUT2D eigenvalue weighted by atomic mass is 10.1. The van der Waals surface area contributed by atoms with E-state index in [0.29, 0.717) is 11.3 Å². The highest BCUT2D eigenvalue weighted by molar-refractivity contribution is 8.00. The van der Waals surface area contributed by atoms with Gasteiger partial charge in [0, 0.05) is 17.0 Å². The van der Waals surface area contributed by atoms with Crippen molar-refractivity contribution in [3.05, 3.63) is 0 Å². The maximum atomic E-state index is 11.3. The molecule has 0 radical (unpaired) electrons. The molecule has 0 spiro atoms. The molecule has 74 valence electrons. The van der Waals surface area contributed by atoms with Gasteiger partial charge in [-0.05, 0) is 14.0 Å². The molecule has 4 heteroatoms. The zero-order valence-electron chi connectivity index (χ0n) is 8.03. The molecule has 2 heterocycles. The highest BCUT2D eigenvalue weighted by atomic mass is 32.2. The van der Waals surface area contributed by atoms with E-state index in [-0.39, 0.29) is 11.8 Å². The Kier molecular flexibility index (Phi) is 2.62. The number of hydrogen-bond acceptors (Lipinski definition) is 4. The van der Waals surface area contributed by atoms with Crippen LogP contribution in [-0.4, -0.2) is 54.0 Å². The zero-order valence-corrected chi connectivity index (χ0v) is 8.84. The van der Waals surface area contributed by atoms with Gasteiger partial charge in [0.1, 0.15) is 5.78 Å². The molecule has 2 rings (SSSR count). The van der Waals surface area contributed by atoms with E-state index in [1.165, 1.54) is 0 Å². The van der Waals surface area contributed by atoms with Crippen molar-refractivity contribution in [2.75, 3.05) is 26.0 Å². The van der Waals surface area contributed by atoms with Gasteiger partial charge < -0.3 is 4.74 Å². The summed E-state index contributed by atoms with van der Waals surface area (Å²) < 4.78 is 5.42. The predicted octanol–water partition coefficient (Wildman–Crippen LogP) is 0.390. The molecule has 0 aliphatic carbocycles. The number of nitrogens with zero attached hydrogens (tertiary/aromatic N) is 1. The standard InChI is InChI=1S/C9H15NO2S/c1-6(11)8-5-13-9-4-12-3-7(9)10(8)2/h7-9H,3-5H2,1-2H3. The number of hydrogen-bond donors (Lipinski definition) is 0. The summed E-state index contributed by atoms with van der Waals surface area (Å²) in [6.45, 7) is 3.32. The van der Waals surface area contributed by atoms with Gasteiger partial charge >= 0.3 is 0 Å². The Bertz CT molecular complexity index is 222. The van der Waals surface area contributed by atoms with Crippen LogP contribution < -0.4 is 0 Å². The van der Waals surface area contributed by atoms with Crippen LogP contribution >= 0.6 is 11.8 Å². The van der Waals surface area contributed by atoms with Crippen LogP contribution in [0.2, 0.25) is 0 Å². The van der Waals surface area contributed by atoms with Crippen molar-refractivity contribution in [1.82, 2.24) is 4.90 Å². The normalized spacial score (nSPS) is 40.3. The summed E-state index contributed by atoms with van der Waals surface area (Å²) in [5.74, 6) is 1.21. The molecular formula is C9H15NO2S. The van der Waals surface area contributed by atoms with Crippen molar-refractivity contribution in [2.24, 2.45) is 0 Å². The number of ketones is 1. The van der Waals surface area contributed by atoms with Crippen molar-refractivity contribution in [3.63, 3.8) is 0 Å². The molecule has 0 aromatic carbocycles. The molecule has 3 unspecified atom stereocenters. The number of Topliss-reactive ketones (excluding diaryl/α,β-unsaturated/α-hetero) is 1. The second-order valence-electron chi connectivity index (χ2n) is 3.77. The molecule has 2 aliphatic rings. The van der Waals surface area contributed by atoms with E-state index in [4.69, 9.17) is 4.74 Å². The fraction of sp³-hybridized carbons (Fsp3) is 0.889. The molecule has 0 saturated carbocycles.